The number of pyridine rings is 1. The summed E-state index contributed by atoms with van der Waals surface area (Å²) in [5.41, 5.74) is 0.337. The molecule has 18 heavy (non-hydrogen) atoms. The monoisotopic (exact) mass is 313 g/mol. The molecule has 1 rings (SSSR count). The third-order valence-electron chi connectivity index (χ3n) is 2.32. The molecule has 0 spiro atoms. The number of nitrogens with one attached hydrogen (secondary N) is 1. The van der Waals surface area contributed by atoms with Crippen LogP contribution in [0.2, 0.25) is 0 Å². The van der Waals surface area contributed by atoms with Crippen LogP contribution in [-0.4, -0.2) is 41.3 Å². The number of hydrogen-bond donors (Lipinski definition) is 1. The minimum Gasteiger partial charge on any atom is -0.355 e. The highest BCUT2D eigenvalue weighted by Gasteiger charge is 2.17. The van der Waals surface area contributed by atoms with Crippen molar-refractivity contribution in [2.45, 2.75) is 13.8 Å². The molecule has 1 aromatic heterocycles. The first-order valence-corrected chi connectivity index (χ1v) is 6.55. The zero-order chi connectivity index (χ0) is 13.5. The summed E-state index contributed by atoms with van der Waals surface area (Å²) in [5.74, 6) is -0.402. The van der Waals surface area contributed by atoms with Crippen molar-refractivity contribution in [3.05, 3.63) is 28.5 Å². The summed E-state index contributed by atoms with van der Waals surface area (Å²) in [6, 6.07) is 3.38. The largest absolute Gasteiger partial charge is 0.355 e. The molecule has 1 N–H and O–H groups in total. The Balaban J connectivity index is 2.73. The topological polar surface area (TPSA) is 62.3 Å². The first-order valence-electron chi connectivity index (χ1n) is 5.76. The summed E-state index contributed by atoms with van der Waals surface area (Å²) in [4.78, 5) is 29.1. The van der Waals surface area contributed by atoms with Crippen molar-refractivity contribution in [3.8, 4) is 0 Å². The Morgan fingerprint density at radius 1 is 1.39 bits per heavy atom. The number of amides is 2. The van der Waals surface area contributed by atoms with Gasteiger partial charge in [0.2, 0.25) is 5.91 Å². The van der Waals surface area contributed by atoms with E-state index in [1.54, 1.807) is 18.3 Å². The molecular weight excluding hydrogens is 298 g/mol. The van der Waals surface area contributed by atoms with Crippen LogP contribution < -0.4 is 5.32 Å². The Hall–Kier alpha value is -1.43. The SMILES string of the molecule is CCNC(=O)CN(CC)C(=O)c1ccc(Br)cn1. The van der Waals surface area contributed by atoms with Gasteiger partial charge in [-0.2, -0.15) is 0 Å². The molecular formula is C12H16BrN3O2. The molecule has 0 aromatic carbocycles. The standard InChI is InChI=1S/C12H16BrN3O2/c1-3-14-11(17)8-16(4-2)12(18)10-6-5-9(13)7-15-10/h5-7H,3-4,8H2,1-2H3,(H,14,17). The number of hydrogen-bond acceptors (Lipinski definition) is 3. The summed E-state index contributed by atoms with van der Waals surface area (Å²) >= 11 is 3.26. The second-order valence-corrected chi connectivity index (χ2v) is 4.55. The van der Waals surface area contributed by atoms with Crippen LogP contribution in [0, 0.1) is 0 Å². The summed E-state index contributed by atoms with van der Waals surface area (Å²) < 4.78 is 0.811. The summed E-state index contributed by atoms with van der Waals surface area (Å²) in [6.07, 6.45) is 1.56. The lowest BCUT2D eigenvalue weighted by Gasteiger charge is -2.19. The first kappa shape index (κ1) is 14.6. The normalized spacial score (nSPS) is 9.94. The second-order valence-electron chi connectivity index (χ2n) is 3.63. The fraction of sp³-hybridized carbons (Fsp3) is 0.417. The molecule has 0 radical (unpaired) electrons. The van der Waals surface area contributed by atoms with Gasteiger partial charge in [-0.15, -0.1) is 0 Å². The quantitative estimate of drug-likeness (QED) is 0.894. The van der Waals surface area contributed by atoms with Gasteiger partial charge in [0.25, 0.3) is 5.91 Å². The average Bonchev–Trinajstić information content (AvgIpc) is 2.36. The number of aromatic nitrogens is 1. The average molecular weight is 314 g/mol. The van der Waals surface area contributed by atoms with Crippen LogP contribution in [0.4, 0.5) is 0 Å². The molecule has 0 aliphatic rings. The fourth-order valence-corrected chi connectivity index (χ4v) is 1.65. The molecule has 6 heteroatoms. The number of carbonyl (C=O) groups is 2. The molecule has 0 unspecified atom stereocenters. The van der Waals surface area contributed by atoms with Crippen molar-refractivity contribution in [1.82, 2.24) is 15.2 Å². The van der Waals surface area contributed by atoms with Crippen LogP contribution in [0.5, 0.6) is 0 Å². The predicted molar refractivity (Wildman–Crippen MR) is 72.2 cm³/mol. The van der Waals surface area contributed by atoms with Crippen LogP contribution in [0.1, 0.15) is 24.3 Å². The fourth-order valence-electron chi connectivity index (χ4n) is 1.42. The lowest BCUT2D eigenvalue weighted by Crippen LogP contribution is -2.40. The number of carbonyl (C=O) groups excluding carboxylic acids is 2. The van der Waals surface area contributed by atoms with Gasteiger partial charge < -0.3 is 10.2 Å². The second kappa shape index (κ2) is 7.10. The number of rotatable bonds is 5. The maximum absolute atomic E-state index is 12.1. The molecule has 1 aromatic rings. The van der Waals surface area contributed by atoms with Crippen LogP contribution >= 0.6 is 15.9 Å². The molecule has 0 atom stereocenters. The van der Waals surface area contributed by atoms with Crippen molar-refractivity contribution in [2.24, 2.45) is 0 Å². The number of nitrogens with zero attached hydrogens (tertiary/aromatic N) is 2. The smallest absolute Gasteiger partial charge is 0.272 e. The highest BCUT2D eigenvalue weighted by Crippen LogP contribution is 2.09. The molecule has 0 bridgehead atoms. The lowest BCUT2D eigenvalue weighted by molar-refractivity contribution is -0.121. The third kappa shape index (κ3) is 4.10. The maximum atomic E-state index is 12.1. The molecule has 0 aliphatic heterocycles. The zero-order valence-electron chi connectivity index (χ0n) is 10.4. The van der Waals surface area contributed by atoms with Crippen LogP contribution in [0.3, 0.4) is 0 Å². The van der Waals surface area contributed by atoms with E-state index in [-0.39, 0.29) is 18.4 Å². The first-order chi connectivity index (χ1) is 8.58. The summed E-state index contributed by atoms with van der Waals surface area (Å²) in [6.45, 7) is 4.75. The number of halogens is 1. The van der Waals surface area contributed by atoms with Gasteiger partial charge in [0.15, 0.2) is 0 Å². The maximum Gasteiger partial charge on any atom is 0.272 e. The van der Waals surface area contributed by atoms with Crippen molar-refractivity contribution in [3.63, 3.8) is 0 Å². The van der Waals surface area contributed by atoms with Crippen molar-refractivity contribution < 1.29 is 9.59 Å². The minimum absolute atomic E-state index is 0.0565. The van der Waals surface area contributed by atoms with E-state index in [1.807, 2.05) is 13.8 Å². The Morgan fingerprint density at radius 3 is 2.61 bits per heavy atom. The van der Waals surface area contributed by atoms with Gasteiger partial charge in [-0.1, -0.05) is 0 Å². The van der Waals surface area contributed by atoms with Gasteiger partial charge in [-0.25, -0.2) is 4.98 Å². The van der Waals surface area contributed by atoms with E-state index in [1.165, 1.54) is 4.90 Å². The van der Waals surface area contributed by atoms with Gasteiger partial charge in [-0.05, 0) is 41.9 Å². The molecule has 0 saturated heterocycles. The van der Waals surface area contributed by atoms with E-state index in [4.69, 9.17) is 0 Å². The van der Waals surface area contributed by atoms with Crippen LogP contribution in [0.15, 0.2) is 22.8 Å². The Labute approximate surface area is 115 Å². The van der Waals surface area contributed by atoms with Crippen molar-refractivity contribution >= 4 is 27.7 Å². The van der Waals surface area contributed by atoms with E-state index in [2.05, 4.69) is 26.2 Å². The minimum atomic E-state index is -0.240. The van der Waals surface area contributed by atoms with Gasteiger partial charge in [0, 0.05) is 23.8 Å². The van der Waals surface area contributed by atoms with Gasteiger partial charge in [-0.3, -0.25) is 9.59 Å². The molecule has 2 amide bonds. The zero-order valence-corrected chi connectivity index (χ0v) is 12.0. The van der Waals surface area contributed by atoms with Crippen molar-refractivity contribution in [1.29, 1.82) is 0 Å². The molecule has 1 heterocycles. The summed E-state index contributed by atoms with van der Waals surface area (Å²) in [7, 11) is 0. The Morgan fingerprint density at radius 2 is 2.11 bits per heavy atom. The Kier molecular flexibility index (Phi) is 5.77. The van der Waals surface area contributed by atoms with Gasteiger partial charge >= 0.3 is 0 Å². The van der Waals surface area contributed by atoms with E-state index < -0.39 is 0 Å². The number of likely N-dealkylation sites (N-methyl/N-ethyl adjacent to an activating group) is 2. The predicted octanol–water partition coefficient (Wildman–Crippen LogP) is 1.44. The van der Waals surface area contributed by atoms with E-state index in [0.29, 0.717) is 18.8 Å². The third-order valence-corrected chi connectivity index (χ3v) is 2.79. The summed E-state index contributed by atoms with van der Waals surface area (Å²) in [5, 5.41) is 2.67. The van der Waals surface area contributed by atoms with E-state index in [9.17, 15) is 9.59 Å². The highest BCUT2D eigenvalue weighted by atomic mass is 79.9. The van der Waals surface area contributed by atoms with Gasteiger partial charge in [0.1, 0.15) is 5.69 Å². The lowest BCUT2D eigenvalue weighted by atomic mass is 10.3. The molecule has 98 valence electrons. The van der Waals surface area contributed by atoms with Gasteiger partial charge in [0.05, 0.1) is 6.54 Å². The molecule has 5 nitrogen and oxygen atoms in total. The van der Waals surface area contributed by atoms with Crippen LogP contribution in [-0.2, 0) is 4.79 Å². The van der Waals surface area contributed by atoms with E-state index >= 15 is 0 Å². The van der Waals surface area contributed by atoms with E-state index in [0.717, 1.165) is 4.47 Å². The Bertz CT molecular complexity index is 420. The van der Waals surface area contributed by atoms with Crippen LogP contribution in [0.25, 0.3) is 0 Å². The molecule has 0 saturated carbocycles. The highest BCUT2D eigenvalue weighted by molar-refractivity contribution is 9.10. The molecule has 0 aliphatic carbocycles. The van der Waals surface area contributed by atoms with Crippen molar-refractivity contribution in [2.75, 3.05) is 19.6 Å². The molecule has 0 fully saturated rings.